The number of benzene rings is 2. The maximum atomic E-state index is 12.4. The Morgan fingerprint density at radius 1 is 1.12 bits per heavy atom. The number of ether oxygens (including phenoxy) is 1. The third kappa shape index (κ3) is 3.67. The van der Waals surface area contributed by atoms with E-state index in [-0.39, 0.29) is 5.69 Å². The van der Waals surface area contributed by atoms with Gasteiger partial charge in [0.25, 0.3) is 0 Å². The average molecular weight is 454 g/mol. The number of carbonyl (C=O) groups is 1. The molecule has 0 unspecified atom stereocenters. The zero-order valence-electron chi connectivity index (χ0n) is 13.4. The standard InChI is InChI=1S/C18H11BrCl2N2O3/c1-26-18(25)17-16(24)9-15(13-7-4-11(20)8-14(13)21)23(22-17)12-5-2-10(19)3-6-12/h2-9H,1H3. The van der Waals surface area contributed by atoms with Crippen molar-refractivity contribution in [3.8, 4) is 16.9 Å². The molecule has 1 heterocycles. The number of halogens is 3. The summed E-state index contributed by atoms with van der Waals surface area (Å²) in [6.45, 7) is 0. The number of nitrogens with zero attached hydrogens (tertiary/aromatic N) is 2. The zero-order chi connectivity index (χ0) is 18.8. The SMILES string of the molecule is COC(=O)c1nn(-c2ccc(Br)cc2)c(-c2ccc(Cl)cc2Cl)cc1=O. The molecule has 5 nitrogen and oxygen atoms in total. The molecule has 0 aliphatic carbocycles. The summed E-state index contributed by atoms with van der Waals surface area (Å²) in [5.74, 6) is -0.811. The van der Waals surface area contributed by atoms with Gasteiger partial charge in [-0.1, -0.05) is 39.1 Å². The maximum absolute atomic E-state index is 12.4. The fraction of sp³-hybridized carbons (Fsp3) is 0.0556. The van der Waals surface area contributed by atoms with Gasteiger partial charge in [-0.25, -0.2) is 9.48 Å². The highest BCUT2D eigenvalue weighted by atomic mass is 79.9. The predicted octanol–water partition coefficient (Wildman–Crippen LogP) is 4.76. The lowest BCUT2D eigenvalue weighted by Gasteiger charge is -2.15. The van der Waals surface area contributed by atoms with Gasteiger partial charge in [-0.2, -0.15) is 5.10 Å². The Morgan fingerprint density at radius 2 is 1.81 bits per heavy atom. The quantitative estimate of drug-likeness (QED) is 0.536. The van der Waals surface area contributed by atoms with Gasteiger partial charge in [-0.3, -0.25) is 4.79 Å². The van der Waals surface area contributed by atoms with Crippen molar-refractivity contribution in [3.63, 3.8) is 0 Å². The molecular weight excluding hydrogens is 443 g/mol. The Labute approximate surface area is 167 Å². The first-order chi connectivity index (χ1) is 12.4. The summed E-state index contributed by atoms with van der Waals surface area (Å²) in [7, 11) is 1.19. The van der Waals surface area contributed by atoms with Crippen molar-refractivity contribution in [2.24, 2.45) is 0 Å². The molecular formula is C18H11BrCl2N2O3. The Hall–Kier alpha value is -2.15. The molecule has 0 N–H and O–H groups in total. The second-order valence-corrected chi connectivity index (χ2v) is 7.01. The minimum atomic E-state index is -0.811. The smallest absolute Gasteiger partial charge is 0.362 e. The topological polar surface area (TPSA) is 61.2 Å². The van der Waals surface area contributed by atoms with Gasteiger partial charge in [0, 0.05) is 21.1 Å². The van der Waals surface area contributed by atoms with Crippen LogP contribution < -0.4 is 5.43 Å². The summed E-state index contributed by atoms with van der Waals surface area (Å²) in [6.07, 6.45) is 0. The largest absolute Gasteiger partial charge is 0.464 e. The van der Waals surface area contributed by atoms with Crippen LogP contribution in [0.2, 0.25) is 10.0 Å². The Bertz CT molecular complexity index is 1050. The molecule has 3 rings (SSSR count). The normalized spacial score (nSPS) is 10.6. The van der Waals surface area contributed by atoms with Crippen LogP contribution in [-0.2, 0) is 4.74 Å². The second-order valence-electron chi connectivity index (χ2n) is 5.25. The Kier molecular flexibility index (Phi) is 5.46. The molecule has 132 valence electrons. The molecule has 8 heteroatoms. The molecule has 0 aliphatic rings. The van der Waals surface area contributed by atoms with Crippen LogP contribution in [0.3, 0.4) is 0 Å². The third-order valence-corrected chi connectivity index (χ3v) is 4.66. The highest BCUT2D eigenvalue weighted by Crippen LogP contribution is 2.31. The fourth-order valence-electron chi connectivity index (χ4n) is 2.36. The highest BCUT2D eigenvalue weighted by molar-refractivity contribution is 9.10. The van der Waals surface area contributed by atoms with E-state index in [9.17, 15) is 9.59 Å². The number of hydrogen-bond donors (Lipinski definition) is 0. The number of carbonyl (C=O) groups excluding carboxylic acids is 1. The summed E-state index contributed by atoms with van der Waals surface area (Å²) in [6, 6.07) is 13.4. The van der Waals surface area contributed by atoms with E-state index in [0.29, 0.717) is 27.0 Å². The molecule has 0 atom stereocenters. The van der Waals surface area contributed by atoms with E-state index in [1.165, 1.54) is 17.9 Å². The van der Waals surface area contributed by atoms with Crippen molar-refractivity contribution >= 4 is 45.1 Å². The summed E-state index contributed by atoms with van der Waals surface area (Å²) < 4.78 is 6.99. The van der Waals surface area contributed by atoms with Gasteiger partial charge in [-0.15, -0.1) is 0 Å². The van der Waals surface area contributed by atoms with Crippen LogP contribution >= 0.6 is 39.1 Å². The lowest BCUT2D eigenvalue weighted by Crippen LogP contribution is -2.23. The molecule has 0 aliphatic heterocycles. The monoisotopic (exact) mass is 452 g/mol. The van der Waals surface area contributed by atoms with E-state index in [1.807, 2.05) is 12.1 Å². The first-order valence-electron chi connectivity index (χ1n) is 7.35. The van der Waals surface area contributed by atoms with Crippen LogP contribution in [0.5, 0.6) is 0 Å². The first kappa shape index (κ1) is 18.6. The summed E-state index contributed by atoms with van der Waals surface area (Å²) >= 11 is 15.6. The van der Waals surface area contributed by atoms with Crippen molar-refractivity contribution < 1.29 is 9.53 Å². The van der Waals surface area contributed by atoms with Crippen molar-refractivity contribution in [2.45, 2.75) is 0 Å². The number of hydrogen-bond acceptors (Lipinski definition) is 4. The minimum Gasteiger partial charge on any atom is -0.464 e. The van der Waals surface area contributed by atoms with Gasteiger partial charge in [0.2, 0.25) is 11.1 Å². The number of methoxy groups -OCH3 is 1. The van der Waals surface area contributed by atoms with Gasteiger partial charge >= 0.3 is 5.97 Å². The molecule has 26 heavy (non-hydrogen) atoms. The molecule has 0 spiro atoms. The highest BCUT2D eigenvalue weighted by Gasteiger charge is 2.19. The molecule has 0 fully saturated rings. The molecule has 0 amide bonds. The van der Waals surface area contributed by atoms with E-state index < -0.39 is 11.4 Å². The van der Waals surface area contributed by atoms with Gasteiger partial charge in [0.15, 0.2) is 0 Å². The second kappa shape index (κ2) is 7.61. The van der Waals surface area contributed by atoms with Gasteiger partial charge in [-0.05, 0) is 42.5 Å². The van der Waals surface area contributed by atoms with Crippen LogP contribution in [0.1, 0.15) is 10.5 Å². The van der Waals surface area contributed by atoms with Crippen molar-refractivity contribution in [2.75, 3.05) is 7.11 Å². The summed E-state index contributed by atoms with van der Waals surface area (Å²) in [5, 5.41) is 5.03. The molecule has 0 saturated carbocycles. The van der Waals surface area contributed by atoms with Crippen LogP contribution in [0, 0.1) is 0 Å². The fourth-order valence-corrected chi connectivity index (χ4v) is 3.13. The van der Waals surface area contributed by atoms with Crippen molar-refractivity contribution in [3.05, 3.63) is 79.0 Å². The van der Waals surface area contributed by atoms with Crippen LogP contribution in [-0.4, -0.2) is 22.9 Å². The zero-order valence-corrected chi connectivity index (χ0v) is 16.5. The van der Waals surface area contributed by atoms with Crippen molar-refractivity contribution in [1.29, 1.82) is 0 Å². The summed E-state index contributed by atoms with van der Waals surface area (Å²) in [5.41, 5.74) is 0.737. The van der Waals surface area contributed by atoms with Crippen LogP contribution in [0.15, 0.2) is 57.8 Å². The Morgan fingerprint density at radius 3 is 2.42 bits per heavy atom. The number of rotatable bonds is 3. The number of esters is 1. The van der Waals surface area contributed by atoms with Crippen LogP contribution in [0.4, 0.5) is 0 Å². The van der Waals surface area contributed by atoms with E-state index in [0.717, 1.165) is 4.47 Å². The molecule has 2 aromatic carbocycles. The number of aromatic nitrogens is 2. The molecule has 1 aromatic heterocycles. The van der Waals surface area contributed by atoms with E-state index in [2.05, 4.69) is 25.8 Å². The minimum absolute atomic E-state index is 0.316. The lowest BCUT2D eigenvalue weighted by molar-refractivity contribution is 0.0590. The van der Waals surface area contributed by atoms with E-state index in [1.54, 1.807) is 30.3 Å². The van der Waals surface area contributed by atoms with Crippen molar-refractivity contribution in [1.82, 2.24) is 9.78 Å². The van der Waals surface area contributed by atoms with E-state index in [4.69, 9.17) is 23.2 Å². The average Bonchev–Trinajstić information content (AvgIpc) is 2.62. The lowest BCUT2D eigenvalue weighted by atomic mass is 10.1. The molecule has 0 saturated heterocycles. The Balaban J connectivity index is 2.32. The van der Waals surface area contributed by atoms with Crippen LogP contribution in [0.25, 0.3) is 16.9 Å². The van der Waals surface area contributed by atoms with Gasteiger partial charge < -0.3 is 4.74 Å². The first-order valence-corrected chi connectivity index (χ1v) is 8.89. The third-order valence-electron chi connectivity index (χ3n) is 3.59. The molecule has 3 aromatic rings. The van der Waals surface area contributed by atoms with Gasteiger partial charge in [0.05, 0.1) is 23.5 Å². The summed E-state index contributed by atoms with van der Waals surface area (Å²) in [4.78, 5) is 24.3. The van der Waals surface area contributed by atoms with E-state index >= 15 is 0 Å². The maximum Gasteiger partial charge on any atom is 0.362 e. The van der Waals surface area contributed by atoms with Gasteiger partial charge in [0.1, 0.15) is 0 Å². The molecule has 0 bridgehead atoms. The molecule has 0 radical (unpaired) electrons. The predicted molar refractivity (Wildman–Crippen MR) is 104 cm³/mol.